The molecule has 0 spiro atoms. The summed E-state index contributed by atoms with van der Waals surface area (Å²) in [7, 11) is 1.56. The molecule has 0 bridgehead atoms. The second kappa shape index (κ2) is 18.6. The summed E-state index contributed by atoms with van der Waals surface area (Å²) >= 11 is 0. The van der Waals surface area contributed by atoms with E-state index in [0.717, 1.165) is 63.1 Å². The number of hydrogen-bond acceptors (Lipinski definition) is 7. The summed E-state index contributed by atoms with van der Waals surface area (Å²) in [5.74, 6) is 2.27. The smallest absolute Gasteiger partial charge is 0.319 e. The predicted molar refractivity (Wildman–Crippen MR) is 198 cm³/mol. The Labute approximate surface area is 297 Å². The van der Waals surface area contributed by atoms with Crippen molar-refractivity contribution in [2.45, 2.75) is 90.4 Å². The van der Waals surface area contributed by atoms with Crippen molar-refractivity contribution in [1.82, 2.24) is 10.2 Å². The van der Waals surface area contributed by atoms with E-state index in [4.69, 9.17) is 18.9 Å². The van der Waals surface area contributed by atoms with Crippen LogP contribution in [-0.4, -0.2) is 75.0 Å². The van der Waals surface area contributed by atoms with Gasteiger partial charge in [0.1, 0.15) is 17.6 Å². The Morgan fingerprint density at radius 1 is 0.920 bits per heavy atom. The van der Waals surface area contributed by atoms with Crippen LogP contribution in [0.25, 0.3) is 0 Å². The summed E-state index contributed by atoms with van der Waals surface area (Å²) < 4.78 is 24.0. The van der Waals surface area contributed by atoms with E-state index in [1.807, 2.05) is 62.4 Å². The minimum Gasteiger partial charge on any atom is -0.493 e. The fourth-order valence-electron chi connectivity index (χ4n) is 6.45. The van der Waals surface area contributed by atoms with Crippen LogP contribution in [0.2, 0.25) is 0 Å². The number of rotatable bonds is 16. The van der Waals surface area contributed by atoms with Crippen molar-refractivity contribution >= 4 is 23.3 Å². The number of nitrogens with one attached hydrogen (secondary N) is 2. The number of piperidine rings is 1. The zero-order valence-electron chi connectivity index (χ0n) is 30.1. The molecule has 3 aromatic rings. The topological polar surface area (TPSA) is 102 Å². The lowest BCUT2D eigenvalue weighted by Crippen LogP contribution is -2.38. The fraction of sp³-hybridized carbons (Fsp3) is 0.500. The van der Waals surface area contributed by atoms with Gasteiger partial charge in [0, 0.05) is 48.7 Å². The first-order chi connectivity index (χ1) is 24.4. The van der Waals surface area contributed by atoms with Gasteiger partial charge in [-0.25, -0.2) is 4.79 Å². The molecule has 270 valence electrons. The maximum atomic E-state index is 14.0. The number of carbonyl (C=O) groups excluding carboxylic acids is 2. The Bertz CT molecular complexity index is 1500. The minimum atomic E-state index is -0.259. The standard InChI is InChI=1S/C40H54N4O6/c1-5-8-23-43-24-21-35(22-25-43)49-33-16-11-29(12-17-33)39(45)44(28-36-10-9-26-48-36)32-14-18-34(19-15-32)50-37-20-13-31(27-38(37)47-4)42-40(46)41-30(6-2)7-3/h11-20,27,30,35-36H,5-10,21-26,28H2,1-4H3,(H2,41,42,46). The summed E-state index contributed by atoms with van der Waals surface area (Å²) in [6.07, 6.45) is 8.31. The van der Waals surface area contributed by atoms with Gasteiger partial charge in [-0.3, -0.25) is 4.79 Å². The third kappa shape index (κ3) is 10.4. The van der Waals surface area contributed by atoms with Crippen LogP contribution in [0.4, 0.5) is 16.2 Å². The third-order valence-electron chi connectivity index (χ3n) is 9.54. The number of hydrogen-bond donors (Lipinski definition) is 2. The van der Waals surface area contributed by atoms with Crippen LogP contribution in [0.3, 0.4) is 0 Å². The Hall–Kier alpha value is -4.28. The second-order valence-electron chi connectivity index (χ2n) is 13.2. The van der Waals surface area contributed by atoms with Crippen molar-refractivity contribution in [1.29, 1.82) is 0 Å². The number of methoxy groups -OCH3 is 1. The summed E-state index contributed by atoms with van der Waals surface area (Å²) in [5.41, 5.74) is 1.94. The molecule has 3 aromatic carbocycles. The van der Waals surface area contributed by atoms with E-state index >= 15 is 0 Å². The highest BCUT2D eigenvalue weighted by Gasteiger charge is 2.26. The van der Waals surface area contributed by atoms with Gasteiger partial charge < -0.3 is 39.4 Å². The Morgan fingerprint density at radius 3 is 2.28 bits per heavy atom. The number of benzene rings is 3. The van der Waals surface area contributed by atoms with Crippen LogP contribution in [0, 0.1) is 0 Å². The Morgan fingerprint density at radius 2 is 1.64 bits per heavy atom. The molecule has 2 fully saturated rings. The molecular formula is C40H54N4O6. The molecule has 10 heteroatoms. The lowest BCUT2D eigenvalue weighted by molar-refractivity contribution is 0.0917. The zero-order chi connectivity index (χ0) is 35.3. The molecule has 0 aromatic heterocycles. The first-order valence-corrected chi connectivity index (χ1v) is 18.3. The molecule has 2 heterocycles. The highest BCUT2D eigenvalue weighted by atomic mass is 16.5. The summed E-state index contributed by atoms with van der Waals surface area (Å²) in [6.45, 7) is 10.8. The number of carbonyl (C=O) groups is 2. The van der Waals surface area contributed by atoms with Gasteiger partial charge in [-0.1, -0.05) is 27.2 Å². The Kier molecular flexibility index (Phi) is 13.8. The molecular weight excluding hydrogens is 632 g/mol. The van der Waals surface area contributed by atoms with Gasteiger partial charge in [0.25, 0.3) is 5.91 Å². The third-order valence-corrected chi connectivity index (χ3v) is 9.54. The van der Waals surface area contributed by atoms with Crippen molar-refractivity contribution in [3.63, 3.8) is 0 Å². The first-order valence-electron chi connectivity index (χ1n) is 18.3. The minimum absolute atomic E-state index is 0.0195. The van der Waals surface area contributed by atoms with Gasteiger partial charge in [0.05, 0.1) is 19.8 Å². The van der Waals surface area contributed by atoms with Gasteiger partial charge in [-0.15, -0.1) is 0 Å². The van der Waals surface area contributed by atoms with Crippen molar-refractivity contribution < 1.29 is 28.5 Å². The molecule has 2 aliphatic rings. The molecule has 1 unspecified atom stereocenters. The van der Waals surface area contributed by atoms with Gasteiger partial charge >= 0.3 is 6.03 Å². The SMILES string of the molecule is CCCCN1CCC(Oc2ccc(C(=O)N(CC3CCCO3)c3ccc(Oc4ccc(NC(=O)NC(CC)CC)cc4OC)cc3)cc2)CC1. The summed E-state index contributed by atoms with van der Waals surface area (Å²) in [5, 5.41) is 5.84. The molecule has 5 rings (SSSR count). The normalized spacial score (nSPS) is 16.6. The van der Waals surface area contributed by atoms with Crippen molar-refractivity contribution in [2.24, 2.45) is 0 Å². The number of anilines is 2. The van der Waals surface area contributed by atoms with E-state index in [1.54, 1.807) is 30.2 Å². The van der Waals surface area contributed by atoms with E-state index < -0.39 is 0 Å². The predicted octanol–water partition coefficient (Wildman–Crippen LogP) is 8.27. The van der Waals surface area contributed by atoms with Crippen LogP contribution in [0.15, 0.2) is 66.7 Å². The molecule has 10 nitrogen and oxygen atoms in total. The molecule has 0 radical (unpaired) electrons. The van der Waals surface area contributed by atoms with Gasteiger partial charge in [0.15, 0.2) is 11.5 Å². The monoisotopic (exact) mass is 686 g/mol. The van der Waals surface area contributed by atoms with Crippen LogP contribution in [0.1, 0.15) is 82.5 Å². The molecule has 0 aliphatic carbocycles. The lowest BCUT2D eigenvalue weighted by Gasteiger charge is -2.32. The highest BCUT2D eigenvalue weighted by molar-refractivity contribution is 6.06. The molecule has 1 atom stereocenters. The molecule has 2 saturated heterocycles. The van der Waals surface area contributed by atoms with Crippen molar-refractivity contribution in [3.8, 4) is 23.0 Å². The van der Waals surface area contributed by atoms with E-state index in [-0.39, 0.29) is 30.2 Å². The average molecular weight is 687 g/mol. The molecule has 2 N–H and O–H groups in total. The van der Waals surface area contributed by atoms with Crippen molar-refractivity contribution in [3.05, 3.63) is 72.3 Å². The van der Waals surface area contributed by atoms with Crippen LogP contribution >= 0.6 is 0 Å². The van der Waals surface area contributed by atoms with Crippen LogP contribution < -0.4 is 29.7 Å². The van der Waals surface area contributed by atoms with E-state index in [1.165, 1.54) is 19.4 Å². The lowest BCUT2D eigenvalue weighted by atomic mass is 10.1. The molecule has 2 aliphatic heterocycles. The average Bonchev–Trinajstić information content (AvgIpc) is 3.67. The number of ether oxygens (including phenoxy) is 4. The largest absolute Gasteiger partial charge is 0.493 e. The van der Waals surface area contributed by atoms with E-state index in [9.17, 15) is 9.59 Å². The summed E-state index contributed by atoms with van der Waals surface area (Å²) in [4.78, 5) is 30.7. The number of amides is 3. The van der Waals surface area contributed by atoms with Gasteiger partial charge in [0.2, 0.25) is 0 Å². The molecule has 3 amide bonds. The fourth-order valence-corrected chi connectivity index (χ4v) is 6.45. The van der Waals surface area contributed by atoms with Crippen LogP contribution in [-0.2, 0) is 4.74 Å². The van der Waals surface area contributed by atoms with E-state index in [0.29, 0.717) is 41.7 Å². The Balaban J connectivity index is 1.23. The number of unbranched alkanes of at least 4 members (excludes halogenated alkanes) is 1. The number of urea groups is 1. The van der Waals surface area contributed by atoms with Gasteiger partial charge in [-0.05, 0) is 112 Å². The second-order valence-corrected chi connectivity index (χ2v) is 13.2. The first kappa shape index (κ1) is 37.0. The maximum absolute atomic E-state index is 14.0. The highest BCUT2D eigenvalue weighted by Crippen LogP contribution is 2.35. The quantitative estimate of drug-likeness (QED) is 0.156. The summed E-state index contributed by atoms with van der Waals surface area (Å²) in [6, 6.07) is 20.1. The molecule has 0 saturated carbocycles. The number of nitrogens with zero attached hydrogens (tertiary/aromatic N) is 2. The zero-order valence-corrected chi connectivity index (χ0v) is 30.1. The van der Waals surface area contributed by atoms with Crippen molar-refractivity contribution in [2.75, 3.05) is 50.1 Å². The molecule has 50 heavy (non-hydrogen) atoms. The van der Waals surface area contributed by atoms with Gasteiger partial charge in [-0.2, -0.15) is 0 Å². The van der Waals surface area contributed by atoms with Crippen LogP contribution in [0.5, 0.6) is 23.0 Å². The maximum Gasteiger partial charge on any atom is 0.319 e. The van der Waals surface area contributed by atoms with E-state index in [2.05, 4.69) is 22.5 Å². The number of likely N-dealkylation sites (tertiary alicyclic amines) is 1.